The van der Waals surface area contributed by atoms with E-state index >= 15 is 0 Å². The molecule has 1 aromatic rings. The van der Waals surface area contributed by atoms with Gasteiger partial charge in [-0.15, -0.1) is 0 Å². The normalized spacial score (nSPS) is 23.4. The van der Waals surface area contributed by atoms with E-state index in [0.717, 1.165) is 37.1 Å². The SMILES string of the molecule is CCNCc1cc(CN(C)C2CCCCC2C)oc1C. The number of nitrogens with zero attached hydrogens (tertiary/aromatic N) is 1. The third-order valence-corrected chi connectivity index (χ3v) is 4.67. The molecule has 0 aliphatic heterocycles. The van der Waals surface area contributed by atoms with Crippen LogP contribution in [0.2, 0.25) is 0 Å². The van der Waals surface area contributed by atoms with E-state index in [0.29, 0.717) is 6.04 Å². The van der Waals surface area contributed by atoms with E-state index in [1.54, 1.807) is 0 Å². The van der Waals surface area contributed by atoms with Crippen molar-refractivity contribution in [3.63, 3.8) is 0 Å². The van der Waals surface area contributed by atoms with Crippen molar-refractivity contribution in [2.24, 2.45) is 5.92 Å². The molecule has 0 spiro atoms. The first-order valence-corrected chi connectivity index (χ1v) is 8.11. The van der Waals surface area contributed by atoms with Crippen molar-refractivity contribution in [3.8, 4) is 0 Å². The molecule has 0 bridgehead atoms. The number of aryl methyl sites for hydroxylation is 1. The fourth-order valence-electron chi connectivity index (χ4n) is 3.42. The van der Waals surface area contributed by atoms with E-state index in [1.165, 1.54) is 31.2 Å². The fraction of sp³-hybridized carbons (Fsp3) is 0.765. The minimum atomic E-state index is 0.714. The molecule has 1 N–H and O–H groups in total. The summed E-state index contributed by atoms with van der Waals surface area (Å²) < 4.78 is 5.93. The van der Waals surface area contributed by atoms with Crippen molar-refractivity contribution in [2.45, 2.75) is 65.6 Å². The summed E-state index contributed by atoms with van der Waals surface area (Å²) in [7, 11) is 2.24. The topological polar surface area (TPSA) is 28.4 Å². The second kappa shape index (κ2) is 7.28. The number of nitrogens with one attached hydrogen (secondary N) is 1. The molecule has 0 amide bonds. The van der Waals surface area contributed by atoms with E-state index in [1.807, 2.05) is 0 Å². The highest BCUT2D eigenvalue weighted by Gasteiger charge is 2.25. The Morgan fingerprint density at radius 2 is 2.10 bits per heavy atom. The van der Waals surface area contributed by atoms with Crippen molar-refractivity contribution in [2.75, 3.05) is 13.6 Å². The van der Waals surface area contributed by atoms with Gasteiger partial charge in [-0.25, -0.2) is 0 Å². The predicted octanol–water partition coefficient (Wildman–Crippen LogP) is 3.71. The lowest BCUT2D eigenvalue weighted by atomic mass is 9.85. The summed E-state index contributed by atoms with van der Waals surface area (Å²) in [6.45, 7) is 9.44. The quantitative estimate of drug-likeness (QED) is 0.860. The number of rotatable bonds is 6. The third kappa shape index (κ3) is 3.86. The van der Waals surface area contributed by atoms with Crippen LogP contribution in [0.5, 0.6) is 0 Å². The Bertz CT molecular complexity index is 413. The monoisotopic (exact) mass is 278 g/mol. The van der Waals surface area contributed by atoms with E-state index in [-0.39, 0.29) is 0 Å². The molecule has 0 radical (unpaired) electrons. The Morgan fingerprint density at radius 1 is 1.35 bits per heavy atom. The van der Waals surface area contributed by atoms with E-state index < -0.39 is 0 Å². The Morgan fingerprint density at radius 3 is 2.80 bits per heavy atom. The molecule has 1 aliphatic rings. The molecule has 0 saturated heterocycles. The highest BCUT2D eigenvalue weighted by atomic mass is 16.3. The Balaban J connectivity index is 1.95. The summed E-state index contributed by atoms with van der Waals surface area (Å²) in [5.41, 5.74) is 1.30. The maximum absolute atomic E-state index is 5.93. The molecule has 1 heterocycles. The van der Waals surface area contributed by atoms with Crippen LogP contribution >= 0.6 is 0 Å². The molecule has 1 aromatic heterocycles. The van der Waals surface area contributed by atoms with Gasteiger partial charge in [0.25, 0.3) is 0 Å². The number of furan rings is 1. The van der Waals surface area contributed by atoms with Crippen LogP contribution in [0.4, 0.5) is 0 Å². The number of hydrogen-bond donors (Lipinski definition) is 1. The van der Waals surface area contributed by atoms with Gasteiger partial charge in [-0.05, 0) is 45.3 Å². The van der Waals surface area contributed by atoms with Crippen LogP contribution in [0.1, 0.15) is 56.6 Å². The Hall–Kier alpha value is -0.800. The molecule has 3 heteroatoms. The van der Waals surface area contributed by atoms with Gasteiger partial charge in [-0.2, -0.15) is 0 Å². The van der Waals surface area contributed by atoms with Crippen molar-refractivity contribution >= 4 is 0 Å². The van der Waals surface area contributed by atoms with Gasteiger partial charge in [-0.1, -0.05) is 26.7 Å². The van der Waals surface area contributed by atoms with Crippen LogP contribution in [0.3, 0.4) is 0 Å². The predicted molar refractivity (Wildman–Crippen MR) is 83.7 cm³/mol. The zero-order valence-electron chi connectivity index (χ0n) is 13.5. The van der Waals surface area contributed by atoms with Gasteiger partial charge in [0.15, 0.2) is 0 Å². The van der Waals surface area contributed by atoms with Gasteiger partial charge in [0.05, 0.1) is 6.54 Å². The molecular formula is C17H30N2O. The van der Waals surface area contributed by atoms with Crippen LogP contribution < -0.4 is 5.32 Å². The van der Waals surface area contributed by atoms with Gasteiger partial charge in [0, 0.05) is 18.2 Å². The number of hydrogen-bond acceptors (Lipinski definition) is 3. The summed E-state index contributed by atoms with van der Waals surface area (Å²) in [5.74, 6) is 2.98. The molecule has 1 aliphatic carbocycles. The zero-order valence-corrected chi connectivity index (χ0v) is 13.5. The first-order chi connectivity index (χ1) is 9.61. The van der Waals surface area contributed by atoms with Gasteiger partial charge < -0.3 is 9.73 Å². The molecular weight excluding hydrogens is 248 g/mol. The molecule has 3 nitrogen and oxygen atoms in total. The standard InChI is InChI=1S/C17H30N2O/c1-5-18-11-15-10-16(20-14(15)3)12-19(4)17-9-7-6-8-13(17)2/h10,13,17-18H,5-9,11-12H2,1-4H3. The van der Waals surface area contributed by atoms with E-state index in [9.17, 15) is 0 Å². The highest BCUT2D eigenvalue weighted by molar-refractivity contribution is 5.20. The van der Waals surface area contributed by atoms with Crippen LogP contribution in [-0.2, 0) is 13.1 Å². The van der Waals surface area contributed by atoms with E-state index in [4.69, 9.17) is 4.42 Å². The molecule has 1 fully saturated rings. The maximum Gasteiger partial charge on any atom is 0.118 e. The molecule has 20 heavy (non-hydrogen) atoms. The molecule has 0 aromatic carbocycles. The van der Waals surface area contributed by atoms with Crippen molar-refractivity contribution in [3.05, 3.63) is 23.2 Å². The molecule has 114 valence electrons. The summed E-state index contributed by atoms with van der Waals surface area (Å²) in [4.78, 5) is 2.49. The largest absolute Gasteiger partial charge is 0.465 e. The average molecular weight is 278 g/mol. The van der Waals surface area contributed by atoms with Crippen molar-refractivity contribution in [1.82, 2.24) is 10.2 Å². The first kappa shape index (κ1) is 15.6. The van der Waals surface area contributed by atoms with Gasteiger partial charge in [-0.3, -0.25) is 4.90 Å². The Kier molecular flexibility index (Phi) is 5.67. The Labute approximate surface area is 123 Å². The smallest absolute Gasteiger partial charge is 0.118 e. The fourth-order valence-corrected chi connectivity index (χ4v) is 3.42. The minimum Gasteiger partial charge on any atom is -0.465 e. The lowest BCUT2D eigenvalue weighted by Gasteiger charge is -2.35. The van der Waals surface area contributed by atoms with Crippen molar-refractivity contribution in [1.29, 1.82) is 0 Å². The van der Waals surface area contributed by atoms with Crippen LogP contribution in [0, 0.1) is 12.8 Å². The maximum atomic E-state index is 5.93. The lowest BCUT2D eigenvalue weighted by Crippen LogP contribution is -2.38. The molecule has 2 unspecified atom stereocenters. The van der Waals surface area contributed by atoms with Crippen LogP contribution in [0.25, 0.3) is 0 Å². The van der Waals surface area contributed by atoms with Gasteiger partial charge in [0.2, 0.25) is 0 Å². The van der Waals surface area contributed by atoms with Gasteiger partial charge in [0.1, 0.15) is 11.5 Å². The lowest BCUT2D eigenvalue weighted by molar-refractivity contribution is 0.125. The van der Waals surface area contributed by atoms with Gasteiger partial charge >= 0.3 is 0 Å². The second-order valence-corrected chi connectivity index (χ2v) is 6.32. The van der Waals surface area contributed by atoms with E-state index in [2.05, 4.69) is 44.1 Å². The van der Waals surface area contributed by atoms with Crippen LogP contribution in [-0.4, -0.2) is 24.5 Å². The van der Waals surface area contributed by atoms with Crippen molar-refractivity contribution < 1.29 is 4.42 Å². The average Bonchev–Trinajstić information content (AvgIpc) is 2.76. The molecule has 1 saturated carbocycles. The molecule has 2 rings (SSSR count). The molecule has 2 atom stereocenters. The zero-order chi connectivity index (χ0) is 14.5. The third-order valence-electron chi connectivity index (χ3n) is 4.67. The summed E-state index contributed by atoms with van der Waals surface area (Å²) in [6.07, 6.45) is 5.49. The van der Waals surface area contributed by atoms with Crippen LogP contribution in [0.15, 0.2) is 10.5 Å². The summed E-state index contributed by atoms with van der Waals surface area (Å²) in [6, 6.07) is 2.94. The summed E-state index contributed by atoms with van der Waals surface area (Å²) >= 11 is 0. The second-order valence-electron chi connectivity index (χ2n) is 6.32. The first-order valence-electron chi connectivity index (χ1n) is 8.11. The highest BCUT2D eigenvalue weighted by Crippen LogP contribution is 2.28. The minimum absolute atomic E-state index is 0.714. The summed E-state index contributed by atoms with van der Waals surface area (Å²) in [5, 5.41) is 3.37.